The van der Waals surface area contributed by atoms with Crippen LogP contribution in [0.3, 0.4) is 0 Å². The van der Waals surface area contributed by atoms with Crippen molar-refractivity contribution >= 4 is 23.4 Å². The highest BCUT2D eigenvalue weighted by molar-refractivity contribution is 5.92. The summed E-state index contributed by atoms with van der Waals surface area (Å²) in [5.41, 5.74) is 0.882. The van der Waals surface area contributed by atoms with E-state index in [0.717, 1.165) is 0 Å². The van der Waals surface area contributed by atoms with Crippen molar-refractivity contribution < 1.29 is 19.1 Å². The fraction of sp³-hybridized carbons (Fsp3) is 0. The number of aromatic nitrogens is 1. The first kappa shape index (κ1) is 8.43. The number of aromatic carboxylic acids is 1. The van der Waals surface area contributed by atoms with E-state index in [1.807, 2.05) is 0 Å². The van der Waals surface area contributed by atoms with Crippen LogP contribution >= 0.6 is 0 Å². The average molecular weight is 191 g/mol. The molecule has 0 bridgehead atoms. The van der Waals surface area contributed by atoms with Crippen molar-refractivity contribution in [2.75, 3.05) is 0 Å². The van der Waals surface area contributed by atoms with E-state index in [0.29, 0.717) is 17.4 Å². The first-order chi connectivity index (χ1) is 6.70. The molecular formula is C9H5NO4. The lowest BCUT2D eigenvalue weighted by molar-refractivity contribution is 0.0697. The molecule has 14 heavy (non-hydrogen) atoms. The number of fused-ring (bicyclic) bond motifs is 1. The van der Waals surface area contributed by atoms with Crippen molar-refractivity contribution in [1.82, 2.24) is 4.98 Å². The van der Waals surface area contributed by atoms with Gasteiger partial charge in [0.1, 0.15) is 5.52 Å². The van der Waals surface area contributed by atoms with Crippen LogP contribution in [-0.4, -0.2) is 22.3 Å². The summed E-state index contributed by atoms with van der Waals surface area (Å²) in [6, 6.07) is 4.22. The number of oxazole rings is 1. The predicted octanol–water partition coefficient (Wildman–Crippen LogP) is 1.34. The Labute approximate surface area is 78.0 Å². The Balaban J connectivity index is 2.65. The maximum atomic E-state index is 10.6. The summed E-state index contributed by atoms with van der Waals surface area (Å²) in [4.78, 5) is 24.7. The van der Waals surface area contributed by atoms with Gasteiger partial charge in [-0.05, 0) is 18.2 Å². The molecule has 1 heterocycles. The largest absolute Gasteiger partial charge is 0.478 e. The Kier molecular flexibility index (Phi) is 1.78. The van der Waals surface area contributed by atoms with Crippen molar-refractivity contribution in [1.29, 1.82) is 0 Å². The van der Waals surface area contributed by atoms with Gasteiger partial charge in [-0.15, -0.1) is 0 Å². The zero-order valence-electron chi connectivity index (χ0n) is 6.93. The summed E-state index contributed by atoms with van der Waals surface area (Å²) in [6.45, 7) is 0. The molecule has 0 aliphatic carbocycles. The number of benzene rings is 1. The summed E-state index contributed by atoms with van der Waals surface area (Å²) < 4.78 is 4.98. The quantitative estimate of drug-likeness (QED) is 0.724. The molecule has 1 aromatic carbocycles. The third-order valence-electron chi connectivity index (χ3n) is 1.75. The van der Waals surface area contributed by atoms with Crippen LogP contribution in [0.1, 0.15) is 21.0 Å². The van der Waals surface area contributed by atoms with Gasteiger partial charge in [-0.2, -0.15) is 0 Å². The van der Waals surface area contributed by atoms with Gasteiger partial charge in [0.2, 0.25) is 6.29 Å². The number of hydrogen-bond acceptors (Lipinski definition) is 4. The van der Waals surface area contributed by atoms with Crippen LogP contribution < -0.4 is 0 Å². The highest BCUT2D eigenvalue weighted by Crippen LogP contribution is 2.16. The molecule has 1 aromatic heterocycles. The van der Waals surface area contributed by atoms with E-state index < -0.39 is 5.97 Å². The number of aldehydes is 1. The van der Waals surface area contributed by atoms with Gasteiger partial charge in [0, 0.05) is 0 Å². The number of carboxylic acid groups (broad SMARTS) is 1. The molecule has 0 spiro atoms. The zero-order valence-corrected chi connectivity index (χ0v) is 6.93. The molecule has 70 valence electrons. The maximum Gasteiger partial charge on any atom is 0.335 e. The van der Waals surface area contributed by atoms with Crippen LogP contribution in [0.25, 0.3) is 11.1 Å². The fourth-order valence-electron chi connectivity index (χ4n) is 1.13. The normalized spacial score (nSPS) is 10.3. The molecule has 1 N–H and O–H groups in total. The highest BCUT2D eigenvalue weighted by Gasteiger charge is 2.08. The monoisotopic (exact) mass is 191 g/mol. The van der Waals surface area contributed by atoms with Crippen molar-refractivity contribution in [3.8, 4) is 0 Å². The standard InChI is InChI=1S/C9H5NO4/c11-4-8-10-6-3-5(9(12)13)1-2-7(6)14-8/h1-4H,(H,12,13). The van der Waals surface area contributed by atoms with Crippen LogP contribution in [0, 0.1) is 0 Å². The van der Waals surface area contributed by atoms with E-state index in [4.69, 9.17) is 9.52 Å². The molecule has 0 atom stereocenters. The molecule has 0 saturated carbocycles. The maximum absolute atomic E-state index is 10.6. The topological polar surface area (TPSA) is 80.4 Å². The number of carbonyl (C=O) groups is 2. The van der Waals surface area contributed by atoms with Gasteiger partial charge in [0.05, 0.1) is 5.56 Å². The van der Waals surface area contributed by atoms with Crippen LogP contribution in [-0.2, 0) is 0 Å². The lowest BCUT2D eigenvalue weighted by Crippen LogP contribution is -1.94. The van der Waals surface area contributed by atoms with E-state index in [1.165, 1.54) is 18.2 Å². The summed E-state index contributed by atoms with van der Waals surface area (Å²) in [5.74, 6) is -1.09. The van der Waals surface area contributed by atoms with Gasteiger partial charge in [-0.1, -0.05) is 0 Å². The minimum absolute atomic E-state index is 0.0532. The van der Waals surface area contributed by atoms with Crippen molar-refractivity contribution in [3.05, 3.63) is 29.7 Å². The molecule has 0 aliphatic heterocycles. The Bertz CT molecular complexity index is 515. The molecule has 0 unspecified atom stereocenters. The Hall–Kier alpha value is -2.17. The molecule has 0 aliphatic rings. The highest BCUT2D eigenvalue weighted by atomic mass is 16.4. The number of nitrogens with zero attached hydrogens (tertiary/aromatic N) is 1. The second-order valence-corrected chi connectivity index (χ2v) is 2.66. The summed E-state index contributed by atoms with van der Waals surface area (Å²) in [6.07, 6.45) is 0.473. The Morgan fingerprint density at radius 1 is 1.50 bits per heavy atom. The van der Waals surface area contributed by atoms with Crippen LogP contribution in [0.2, 0.25) is 0 Å². The molecule has 2 aromatic rings. The summed E-state index contributed by atoms with van der Waals surface area (Å²) in [7, 11) is 0. The van der Waals surface area contributed by atoms with E-state index in [-0.39, 0.29) is 11.5 Å². The molecule has 5 nitrogen and oxygen atoms in total. The smallest absolute Gasteiger partial charge is 0.335 e. The third-order valence-corrected chi connectivity index (χ3v) is 1.75. The fourth-order valence-corrected chi connectivity index (χ4v) is 1.13. The Morgan fingerprint density at radius 3 is 2.93 bits per heavy atom. The minimum atomic E-state index is -1.04. The van der Waals surface area contributed by atoms with Crippen molar-refractivity contribution in [2.24, 2.45) is 0 Å². The summed E-state index contributed by atoms with van der Waals surface area (Å²) >= 11 is 0. The number of rotatable bonds is 2. The average Bonchev–Trinajstić information content (AvgIpc) is 2.58. The third kappa shape index (κ3) is 1.24. The van der Waals surface area contributed by atoms with Crippen molar-refractivity contribution in [3.63, 3.8) is 0 Å². The molecule has 5 heteroatoms. The van der Waals surface area contributed by atoms with Crippen LogP contribution in [0.5, 0.6) is 0 Å². The molecule has 0 radical (unpaired) electrons. The van der Waals surface area contributed by atoms with E-state index >= 15 is 0 Å². The van der Waals surface area contributed by atoms with Crippen molar-refractivity contribution in [2.45, 2.75) is 0 Å². The lowest BCUT2D eigenvalue weighted by Gasteiger charge is -1.90. The van der Waals surface area contributed by atoms with Gasteiger partial charge in [-0.3, -0.25) is 4.79 Å². The van der Waals surface area contributed by atoms with Crippen LogP contribution in [0.4, 0.5) is 0 Å². The second kappa shape index (κ2) is 2.95. The van der Waals surface area contributed by atoms with Gasteiger partial charge >= 0.3 is 5.97 Å². The van der Waals surface area contributed by atoms with E-state index in [1.54, 1.807) is 0 Å². The molecular weight excluding hydrogens is 186 g/mol. The number of carbonyl (C=O) groups excluding carboxylic acids is 1. The molecule has 2 rings (SSSR count). The molecule has 0 saturated heterocycles. The molecule has 0 amide bonds. The Morgan fingerprint density at radius 2 is 2.29 bits per heavy atom. The van der Waals surface area contributed by atoms with Gasteiger partial charge in [0.15, 0.2) is 5.58 Å². The predicted molar refractivity (Wildman–Crippen MR) is 46.4 cm³/mol. The summed E-state index contributed by atoms with van der Waals surface area (Å²) in [5, 5.41) is 8.68. The first-order valence-electron chi connectivity index (χ1n) is 3.80. The van der Waals surface area contributed by atoms with E-state index in [2.05, 4.69) is 4.98 Å². The molecule has 0 fully saturated rings. The second-order valence-electron chi connectivity index (χ2n) is 2.66. The number of hydrogen-bond donors (Lipinski definition) is 1. The minimum Gasteiger partial charge on any atom is -0.478 e. The number of carboxylic acids is 1. The first-order valence-corrected chi connectivity index (χ1v) is 3.80. The van der Waals surface area contributed by atoms with Crippen LogP contribution in [0.15, 0.2) is 22.6 Å². The van der Waals surface area contributed by atoms with E-state index in [9.17, 15) is 9.59 Å². The van der Waals surface area contributed by atoms with Gasteiger partial charge in [0.25, 0.3) is 5.89 Å². The SMILES string of the molecule is O=Cc1nc2cc(C(=O)O)ccc2o1. The van der Waals surface area contributed by atoms with Gasteiger partial charge in [-0.25, -0.2) is 9.78 Å². The zero-order chi connectivity index (χ0) is 10.1. The van der Waals surface area contributed by atoms with Gasteiger partial charge < -0.3 is 9.52 Å². The lowest BCUT2D eigenvalue weighted by atomic mass is 10.2.